The molecule has 25 heavy (non-hydrogen) atoms. The van der Waals surface area contributed by atoms with Gasteiger partial charge in [-0.25, -0.2) is 8.78 Å². The molecule has 2 aromatic carbocycles. The van der Waals surface area contributed by atoms with Gasteiger partial charge in [-0.05, 0) is 49.1 Å². The van der Waals surface area contributed by atoms with E-state index in [0.29, 0.717) is 30.5 Å². The molecule has 1 unspecified atom stereocenters. The van der Waals surface area contributed by atoms with Crippen LogP contribution < -0.4 is 5.32 Å². The fourth-order valence-electron chi connectivity index (χ4n) is 2.61. The molecular weight excluding hydrogens is 322 g/mol. The smallest absolute Gasteiger partial charge is 0.224 e. The van der Waals surface area contributed by atoms with Crippen molar-refractivity contribution in [3.05, 3.63) is 71.3 Å². The first kappa shape index (κ1) is 18.8. The monoisotopic (exact) mass is 344 g/mol. The predicted octanol–water partition coefficient (Wildman–Crippen LogP) is 4.05. The van der Waals surface area contributed by atoms with Crippen LogP contribution in [0.25, 0.3) is 0 Å². The number of hydrogen-bond acceptors (Lipinski definition) is 2. The number of halogens is 2. The minimum atomic E-state index is -0.391. The van der Waals surface area contributed by atoms with Gasteiger partial charge in [0.25, 0.3) is 0 Å². The maximum atomic E-state index is 13.5. The number of aryl methyl sites for hydroxylation is 1. The van der Waals surface area contributed by atoms with Crippen molar-refractivity contribution in [1.82, 2.24) is 5.32 Å². The summed E-state index contributed by atoms with van der Waals surface area (Å²) >= 11 is 0. The molecule has 2 aromatic rings. The van der Waals surface area contributed by atoms with Gasteiger partial charge in [0.1, 0.15) is 11.6 Å². The zero-order valence-electron chi connectivity index (χ0n) is 14.2. The van der Waals surface area contributed by atoms with Gasteiger partial charge in [-0.15, -0.1) is 0 Å². The molecule has 2 rings (SSSR count). The number of carbonyl (C=O) groups is 1. The molecule has 3 nitrogen and oxygen atoms in total. The highest BCUT2D eigenvalue weighted by atomic mass is 19.1. The maximum Gasteiger partial charge on any atom is 0.224 e. The Balaban J connectivity index is 1.74. The highest BCUT2D eigenvalue weighted by Crippen LogP contribution is 2.09. The molecular formula is C20H22F2N2O. The van der Waals surface area contributed by atoms with Gasteiger partial charge in [-0.2, -0.15) is 0 Å². The van der Waals surface area contributed by atoms with Crippen molar-refractivity contribution in [3.8, 4) is 0 Å². The highest BCUT2D eigenvalue weighted by molar-refractivity contribution is 5.84. The summed E-state index contributed by atoms with van der Waals surface area (Å²) in [5, 5.41) is 10.8. The van der Waals surface area contributed by atoms with E-state index in [0.717, 1.165) is 5.56 Å². The summed E-state index contributed by atoms with van der Waals surface area (Å²) in [4.78, 5) is 12.0. The third-order valence-electron chi connectivity index (χ3n) is 3.90. The lowest BCUT2D eigenvalue weighted by atomic mass is 10.0. The molecule has 0 saturated heterocycles. The van der Waals surface area contributed by atoms with Gasteiger partial charge in [0.15, 0.2) is 0 Å². The van der Waals surface area contributed by atoms with Crippen LogP contribution >= 0.6 is 0 Å². The van der Waals surface area contributed by atoms with Gasteiger partial charge in [0.05, 0.1) is 6.42 Å². The fraction of sp³-hybridized carbons (Fsp3) is 0.300. The van der Waals surface area contributed by atoms with Crippen LogP contribution in [0.2, 0.25) is 0 Å². The van der Waals surface area contributed by atoms with Gasteiger partial charge < -0.3 is 10.7 Å². The second-order valence-corrected chi connectivity index (χ2v) is 6.17. The van der Waals surface area contributed by atoms with Gasteiger partial charge >= 0.3 is 0 Å². The summed E-state index contributed by atoms with van der Waals surface area (Å²) < 4.78 is 26.4. The number of carbonyl (C=O) groups excluding carboxylic acids is 1. The molecule has 0 heterocycles. The normalized spacial score (nSPS) is 11.8. The standard InChI is InChI=1S/C20H22F2N2O/c1-14(24-20(25)13-16-4-2-3-5-19(16)22)12-18(23)11-8-15-6-9-17(21)10-7-15/h2-7,9-10,14,23H,8,11-13H2,1H3,(H,24,25). The largest absolute Gasteiger partial charge is 0.353 e. The Morgan fingerprint density at radius 3 is 2.48 bits per heavy atom. The molecule has 0 aliphatic heterocycles. The fourth-order valence-corrected chi connectivity index (χ4v) is 2.61. The SMILES string of the molecule is CC(CC(=N)CCc1ccc(F)cc1)NC(=O)Cc1ccccc1F. The van der Waals surface area contributed by atoms with Crippen LogP contribution in [0, 0.1) is 17.0 Å². The van der Waals surface area contributed by atoms with Crippen molar-refractivity contribution in [2.75, 3.05) is 0 Å². The third-order valence-corrected chi connectivity index (χ3v) is 3.90. The van der Waals surface area contributed by atoms with Gasteiger partial charge in [0.2, 0.25) is 5.91 Å². The van der Waals surface area contributed by atoms with E-state index in [-0.39, 0.29) is 24.2 Å². The summed E-state index contributed by atoms with van der Waals surface area (Å²) in [6, 6.07) is 12.2. The average Bonchev–Trinajstić information content (AvgIpc) is 2.56. The average molecular weight is 344 g/mol. The lowest BCUT2D eigenvalue weighted by Gasteiger charge is -2.15. The topological polar surface area (TPSA) is 53.0 Å². The van der Waals surface area contributed by atoms with Crippen LogP contribution in [0.5, 0.6) is 0 Å². The Morgan fingerprint density at radius 1 is 1.12 bits per heavy atom. The third kappa shape index (κ3) is 6.45. The second kappa shape index (κ2) is 9.06. The van der Waals surface area contributed by atoms with Gasteiger partial charge in [0, 0.05) is 18.2 Å². The first-order chi connectivity index (χ1) is 11.9. The molecule has 1 atom stereocenters. The number of nitrogens with one attached hydrogen (secondary N) is 2. The van der Waals surface area contributed by atoms with Crippen LogP contribution in [-0.4, -0.2) is 17.7 Å². The van der Waals surface area contributed by atoms with E-state index in [2.05, 4.69) is 5.32 Å². The molecule has 0 spiro atoms. The summed E-state index contributed by atoms with van der Waals surface area (Å²) in [5.74, 6) is -0.925. The van der Waals surface area contributed by atoms with Crippen LogP contribution in [-0.2, 0) is 17.6 Å². The van der Waals surface area contributed by atoms with Crippen LogP contribution in [0.15, 0.2) is 48.5 Å². The minimum absolute atomic E-state index is 0.0140. The zero-order valence-corrected chi connectivity index (χ0v) is 14.2. The molecule has 132 valence electrons. The Kier molecular flexibility index (Phi) is 6.81. The quantitative estimate of drug-likeness (QED) is 0.697. The van der Waals surface area contributed by atoms with Crippen molar-refractivity contribution in [2.24, 2.45) is 0 Å². The second-order valence-electron chi connectivity index (χ2n) is 6.17. The van der Waals surface area contributed by atoms with Crippen molar-refractivity contribution < 1.29 is 13.6 Å². The van der Waals surface area contributed by atoms with E-state index < -0.39 is 5.82 Å². The molecule has 0 bridgehead atoms. The first-order valence-electron chi connectivity index (χ1n) is 8.27. The minimum Gasteiger partial charge on any atom is -0.353 e. The maximum absolute atomic E-state index is 13.5. The summed E-state index contributed by atoms with van der Waals surface area (Å²) in [6.45, 7) is 1.83. The van der Waals surface area contributed by atoms with E-state index in [1.807, 2.05) is 6.92 Å². The number of amides is 1. The Hall–Kier alpha value is -2.56. The van der Waals surface area contributed by atoms with E-state index in [4.69, 9.17) is 5.41 Å². The Labute approximate surface area is 146 Å². The summed E-state index contributed by atoms with van der Waals surface area (Å²) in [5.41, 5.74) is 1.85. The molecule has 1 amide bonds. The van der Waals surface area contributed by atoms with Crippen molar-refractivity contribution in [1.29, 1.82) is 5.41 Å². The van der Waals surface area contributed by atoms with Gasteiger partial charge in [-0.3, -0.25) is 4.79 Å². The molecule has 0 fully saturated rings. The van der Waals surface area contributed by atoms with Crippen molar-refractivity contribution in [3.63, 3.8) is 0 Å². The lowest BCUT2D eigenvalue weighted by molar-refractivity contribution is -0.121. The van der Waals surface area contributed by atoms with Gasteiger partial charge in [-0.1, -0.05) is 30.3 Å². The molecule has 0 aliphatic carbocycles. The Morgan fingerprint density at radius 2 is 1.80 bits per heavy atom. The van der Waals surface area contributed by atoms with Crippen LogP contribution in [0.1, 0.15) is 30.9 Å². The predicted molar refractivity (Wildman–Crippen MR) is 94.8 cm³/mol. The first-order valence-corrected chi connectivity index (χ1v) is 8.27. The zero-order chi connectivity index (χ0) is 18.2. The highest BCUT2D eigenvalue weighted by Gasteiger charge is 2.12. The molecule has 0 radical (unpaired) electrons. The molecule has 2 N–H and O–H groups in total. The molecule has 0 aliphatic rings. The molecule has 0 aromatic heterocycles. The van der Waals surface area contributed by atoms with Crippen LogP contribution in [0.4, 0.5) is 8.78 Å². The van der Waals surface area contributed by atoms with E-state index in [9.17, 15) is 13.6 Å². The summed E-state index contributed by atoms with van der Waals surface area (Å²) in [7, 11) is 0. The van der Waals surface area contributed by atoms with Crippen LogP contribution in [0.3, 0.4) is 0 Å². The van der Waals surface area contributed by atoms with E-state index in [1.165, 1.54) is 18.2 Å². The van der Waals surface area contributed by atoms with Crippen molar-refractivity contribution >= 4 is 11.6 Å². The van der Waals surface area contributed by atoms with E-state index >= 15 is 0 Å². The number of benzene rings is 2. The lowest BCUT2D eigenvalue weighted by Crippen LogP contribution is -2.35. The molecule has 0 saturated carbocycles. The number of hydrogen-bond donors (Lipinski definition) is 2. The van der Waals surface area contributed by atoms with E-state index in [1.54, 1.807) is 30.3 Å². The molecule has 5 heteroatoms. The number of rotatable bonds is 8. The van der Waals surface area contributed by atoms with Crippen molar-refractivity contribution in [2.45, 2.75) is 38.6 Å². The summed E-state index contributed by atoms with van der Waals surface area (Å²) in [6.07, 6.45) is 1.64. The Bertz CT molecular complexity index is 729.